The number of carbonyl (C=O) groups excluding carboxylic acids is 1. The number of hydrogen-bond acceptors (Lipinski definition) is 2. The maximum atomic E-state index is 13.4. The van der Waals surface area contributed by atoms with Crippen LogP contribution in [-0.4, -0.2) is 12.5 Å². The predicted octanol–water partition coefficient (Wildman–Crippen LogP) is 3.63. The minimum atomic E-state index is -0.728. The third-order valence-electron chi connectivity index (χ3n) is 2.88. The molecule has 0 unspecified atom stereocenters. The van der Waals surface area contributed by atoms with E-state index in [4.69, 9.17) is 0 Å². The van der Waals surface area contributed by atoms with E-state index in [9.17, 15) is 13.6 Å². The molecule has 0 bridgehead atoms. The maximum absolute atomic E-state index is 13.4. The molecule has 2 rings (SSSR count). The summed E-state index contributed by atoms with van der Waals surface area (Å²) in [6.07, 6.45) is 0. The van der Waals surface area contributed by atoms with Crippen LogP contribution in [0.4, 0.5) is 20.2 Å². The number of carbonyl (C=O) groups is 1. The van der Waals surface area contributed by atoms with Crippen molar-refractivity contribution in [2.24, 2.45) is 0 Å². The molecular weight excluding hydrogens is 274 g/mol. The molecule has 0 aliphatic carbocycles. The van der Waals surface area contributed by atoms with Gasteiger partial charge < -0.3 is 10.6 Å². The van der Waals surface area contributed by atoms with Crippen molar-refractivity contribution < 1.29 is 13.6 Å². The van der Waals surface area contributed by atoms with E-state index < -0.39 is 11.6 Å². The monoisotopic (exact) mass is 290 g/mol. The smallest absolute Gasteiger partial charge is 0.243 e. The Kier molecular flexibility index (Phi) is 4.52. The maximum Gasteiger partial charge on any atom is 0.243 e. The van der Waals surface area contributed by atoms with E-state index in [1.165, 1.54) is 6.07 Å². The molecule has 0 radical (unpaired) electrons. The second-order valence-electron chi connectivity index (χ2n) is 4.90. The number of rotatable bonds is 4. The number of anilines is 2. The highest BCUT2D eigenvalue weighted by atomic mass is 19.1. The SMILES string of the molecule is Cc1cc(C)cc(NC(=O)CNc2ccc(F)cc2F)c1. The van der Waals surface area contributed by atoms with Crippen LogP contribution >= 0.6 is 0 Å². The molecule has 0 aliphatic heterocycles. The van der Waals surface area contributed by atoms with Crippen molar-refractivity contribution in [3.8, 4) is 0 Å². The predicted molar refractivity (Wildman–Crippen MR) is 79.4 cm³/mol. The molecule has 1 amide bonds. The summed E-state index contributed by atoms with van der Waals surface area (Å²) in [6, 6.07) is 8.86. The molecule has 0 atom stereocenters. The van der Waals surface area contributed by atoms with Crippen molar-refractivity contribution >= 4 is 17.3 Å². The Labute approximate surface area is 122 Å². The number of benzene rings is 2. The van der Waals surface area contributed by atoms with Gasteiger partial charge in [0.2, 0.25) is 5.91 Å². The average Bonchev–Trinajstić information content (AvgIpc) is 2.36. The number of nitrogens with one attached hydrogen (secondary N) is 2. The highest BCUT2D eigenvalue weighted by molar-refractivity contribution is 5.93. The average molecular weight is 290 g/mol. The lowest BCUT2D eigenvalue weighted by Gasteiger charge is -2.10. The lowest BCUT2D eigenvalue weighted by Crippen LogP contribution is -2.22. The minimum Gasteiger partial charge on any atom is -0.374 e. The summed E-state index contributed by atoms with van der Waals surface area (Å²) in [5.74, 6) is -1.68. The van der Waals surface area contributed by atoms with Crippen LogP contribution in [0.25, 0.3) is 0 Å². The quantitative estimate of drug-likeness (QED) is 0.902. The Hall–Kier alpha value is -2.43. The summed E-state index contributed by atoms with van der Waals surface area (Å²) in [6.45, 7) is 3.78. The van der Waals surface area contributed by atoms with Crippen molar-refractivity contribution in [1.82, 2.24) is 0 Å². The zero-order valence-corrected chi connectivity index (χ0v) is 11.8. The van der Waals surface area contributed by atoms with Crippen LogP contribution in [0, 0.1) is 25.5 Å². The summed E-state index contributed by atoms with van der Waals surface area (Å²) < 4.78 is 26.2. The summed E-state index contributed by atoms with van der Waals surface area (Å²) in [5.41, 5.74) is 2.87. The number of aryl methyl sites for hydroxylation is 2. The van der Waals surface area contributed by atoms with Gasteiger partial charge in [-0.05, 0) is 49.2 Å². The zero-order chi connectivity index (χ0) is 15.4. The van der Waals surface area contributed by atoms with Gasteiger partial charge in [-0.3, -0.25) is 4.79 Å². The minimum absolute atomic E-state index is 0.0898. The fourth-order valence-corrected chi connectivity index (χ4v) is 2.06. The Bertz CT molecular complexity index is 651. The summed E-state index contributed by atoms with van der Waals surface area (Å²) in [5, 5.41) is 5.36. The molecule has 3 nitrogen and oxygen atoms in total. The third kappa shape index (κ3) is 4.27. The van der Waals surface area contributed by atoms with E-state index in [2.05, 4.69) is 10.6 Å². The number of halogens is 2. The Balaban J connectivity index is 1.95. The molecule has 21 heavy (non-hydrogen) atoms. The second kappa shape index (κ2) is 6.35. The van der Waals surface area contributed by atoms with Crippen LogP contribution < -0.4 is 10.6 Å². The van der Waals surface area contributed by atoms with Crippen LogP contribution in [0.2, 0.25) is 0 Å². The molecule has 0 saturated carbocycles. The molecule has 0 aromatic heterocycles. The first kappa shape index (κ1) is 15.0. The Morgan fingerprint density at radius 3 is 2.33 bits per heavy atom. The Morgan fingerprint density at radius 1 is 1.05 bits per heavy atom. The summed E-state index contributed by atoms with van der Waals surface area (Å²) in [4.78, 5) is 11.8. The fourth-order valence-electron chi connectivity index (χ4n) is 2.06. The van der Waals surface area contributed by atoms with Gasteiger partial charge in [0.25, 0.3) is 0 Å². The van der Waals surface area contributed by atoms with Gasteiger partial charge in [0.15, 0.2) is 0 Å². The van der Waals surface area contributed by atoms with Crippen molar-refractivity contribution in [3.63, 3.8) is 0 Å². The van der Waals surface area contributed by atoms with Crippen LogP contribution in [0.3, 0.4) is 0 Å². The van der Waals surface area contributed by atoms with Crippen LogP contribution in [0.5, 0.6) is 0 Å². The standard InChI is InChI=1S/C16H16F2N2O/c1-10-5-11(2)7-13(6-10)20-16(21)9-19-15-4-3-12(17)8-14(15)18/h3-8,19H,9H2,1-2H3,(H,20,21). The van der Waals surface area contributed by atoms with E-state index in [-0.39, 0.29) is 18.1 Å². The zero-order valence-electron chi connectivity index (χ0n) is 11.8. The molecule has 2 aromatic carbocycles. The van der Waals surface area contributed by atoms with Crippen molar-refractivity contribution in [1.29, 1.82) is 0 Å². The largest absolute Gasteiger partial charge is 0.374 e. The van der Waals surface area contributed by atoms with E-state index in [1.807, 2.05) is 32.0 Å². The first-order valence-corrected chi connectivity index (χ1v) is 6.51. The lowest BCUT2D eigenvalue weighted by atomic mass is 10.1. The van der Waals surface area contributed by atoms with Gasteiger partial charge in [0.05, 0.1) is 12.2 Å². The molecule has 2 N–H and O–H groups in total. The molecule has 110 valence electrons. The van der Waals surface area contributed by atoms with E-state index in [0.717, 1.165) is 23.3 Å². The van der Waals surface area contributed by atoms with Crippen molar-refractivity contribution in [2.75, 3.05) is 17.2 Å². The van der Waals surface area contributed by atoms with Gasteiger partial charge in [-0.15, -0.1) is 0 Å². The molecular formula is C16H16F2N2O. The topological polar surface area (TPSA) is 41.1 Å². The molecule has 2 aromatic rings. The van der Waals surface area contributed by atoms with E-state index in [1.54, 1.807) is 0 Å². The van der Waals surface area contributed by atoms with E-state index >= 15 is 0 Å². The van der Waals surface area contributed by atoms with Gasteiger partial charge in [-0.2, -0.15) is 0 Å². The van der Waals surface area contributed by atoms with E-state index in [0.29, 0.717) is 5.69 Å². The third-order valence-corrected chi connectivity index (χ3v) is 2.88. The van der Waals surface area contributed by atoms with Crippen molar-refractivity contribution in [3.05, 3.63) is 59.2 Å². The van der Waals surface area contributed by atoms with Crippen LogP contribution in [-0.2, 0) is 4.79 Å². The number of hydrogen-bond donors (Lipinski definition) is 2. The van der Waals surface area contributed by atoms with Crippen LogP contribution in [0.15, 0.2) is 36.4 Å². The Morgan fingerprint density at radius 2 is 1.71 bits per heavy atom. The molecule has 0 heterocycles. The molecule has 5 heteroatoms. The molecule has 0 saturated heterocycles. The first-order chi connectivity index (χ1) is 9.94. The highest BCUT2D eigenvalue weighted by Gasteiger charge is 2.07. The molecule has 0 aliphatic rings. The van der Waals surface area contributed by atoms with Crippen molar-refractivity contribution in [2.45, 2.75) is 13.8 Å². The van der Waals surface area contributed by atoms with Gasteiger partial charge >= 0.3 is 0 Å². The molecule has 0 fully saturated rings. The summed E-state index contributed by atoms with van der Waals surface area (Å²) >= 11 is 0. The highest BCUT2D eigenvalue weighted by Crippen LogP contribution is 2.15. The number of amides is 1. The molecule has 0 spiro atoms. The van der Waals surface area contributed by atoms with Gasteiger partial charge in [-0.25, -0.2) is 8.78 Å². The fraction of sp³-hybridized carbons (Fsp3) is 0.188. The lowest BCUT2D eigenvalue weighted by molar-refractivity contribution is -0.114. The first-order valence-electron chi connectivity index (χ1n) is 6.51. The van der Waals surface area contributed by atoms with Crippen LogP contribution in [0.1, 0.15) is 11.1 Å². The van der Waals surface area contributed by atoms with Gasteiger partial charge in [0, 0.05) is 11.8 Å². The second-order valence-corrected chi connectivity index (χ2v) is 4.90. The van der Waals surface area contributed by atoms with Gasteiger partial charge in [-0.1, -0.05) is 6.07 Å². The summed E-state index contributed by atoms with van der Waals surface area (Å²) in [7, 11) is 0. The van der Waals surface area contributed by atoms with Gasteiger partial charge in [0.1, 0.15) is 11.6 Å². The normalized spacial score (nSPS) is 10.3.